The van der Waals surface area contributed by atoms with Crippen LogP contribution in [0.25, 0.3) is 147 Å². The molecular weight excluding hydrogens is 837 g/mol. The first kappa shape index (κ1) is 36.6. The van der Waals surface area contributed by atoms with Crippen molar-refractivity contribution in [3.8, 4) is 39.9 Å². The Labute approximate surface area is 386 Å². The number of fused-ring (bicyclic) bond motifs is 13. The first-order valence-electron chi connectivity index (χ1n) is 22.6. The summed E-state index contributed by atoms with van der Waals surface area (Å²) in [6.07, 6.45) is 0. The van der Waals surface area contributed by atoms with Crippen molar-refractivity contribution in [3.63, 3.8) is 0 Å². The Hall–Kier alpha value is -8.71. The van der Waals surface area contributed by atoms with Crippen molar-refractivity contribution in [2.45, 2.75) is 0 Å². The lowest BCUT2D eigenvalue weighted by atomic mass is 10.0. The summed E-state index contributed by atoms with van der Waals surface area (Å²) in [5.74, 6) is 1.77. The Bertz CT molecular complexity index is 4500. The van der Waals surface area contributed by atoms with Crippen LogP contribution in [0.5, 0.6) is 0 Å². The van der Waals surface area contributed by atoms with Crippen LogP contribution in [-0.4, -0.2) is 19.5 Å². The van der Waals surface area contributed by atoms with Crippen LogP contribution in [0.15, 0.2) is 211 Å². The largest absolute Gasteiger partial charge is 0.456 e. The smallest absolute Gasteiger partial charge is 0.166 e. The maximum atomic E-state index is 6.46. The number of benzene rings is 11. The van der Waals surface area contributed by atoms with Gasteiger partial charge in [-0.15, -0.1) is 11.3 Å². The molecule has 0 aliphatic carbocycles. The lowest BCUT2D eigenvalue weighted by molar-refractivity contribution is 0.669. The average molecular weight is 871 g/mol. The Kier molecular flexibility index (Phi) is 7.59. The molecule has 67 heavy (non-hydrogen) atoms. The van der Waals surface area contributed by atoms with Crippen molar-refractivity contribution in [3.05, 3.63) is 206 Å². The molecule has 0 aliphatic heterocycles. The molecule has 6 heteroatoms. The van der Waals surface area contributed by atoms with Crippen LogP contribution in [0.4, 0.5) is 0 Å². The number of hydrogen-bond acceptors (Lipinski definition) is 5. The van der Waals surface area contributed by atoms with E-state index in [-0.39, 0.29) is 0 Å². The van der Waals surface area contributed by atoms with Gasteiger partial charge in [-0.3, -0.25) is 0 Å². The summed E-state index contributed by atoms with van der Waals surface area (Å²) in [4.78, 5) is 16.5. The molecule has 0 saturated carbocycles. The van der Waals surface area contributed by atoms with E-state index in [1.807, 2.05) is 23.5 Å². The van der Waals surface area contributed by atoms with Gasteiger partial charge in [-0.1, -0.05) is 133 Å². The third kappa shape index (κ3) is 5.57. The minimum Gasteiger partial charge on any atom is -0.456 e. The highest BCUT2D eigenvalue weighted by Crippen LogP contribution is 2.47. The van der Waals surface area contributed by atoms with E-state index in [4.69, 9.17) is 19.4 Å². The number of rotatable bonds is 4. The predicted molar refractivity (Wildman–Crippen MR) is 281 cm³/mol. The second-order valence-electron chi connectivity index (χ2n) is 17.6. The monoisotopic (exact) mass is 870 g/mol. The molecule has 310 valence electrons. The van der Waals surface area contributed by atoms with Crippen molar-refractivity contribution in [2.75, 3.05) is 0 Å². The number of hydrogen-bond donors (Lipinski definition) is 0. The molecule has 0 bridgehead atoms. The van der Waals surface area contributed by atoms with E-state index in [2.05, 4.69) is 199 Å². The standard InChI is InChI=1S/C61H34N4OS/c1-2-12-36-27-43(22-21-35(36)11-1)59-62-60(44-23-24-46-45-19-9-10-20-53(45)66-54(46)33-44)64-61(63-59)58-50(25-26-55-57(58)49-30-39-15-5-8-18-42(39)34-56(49)67-55)65-51-31-40-16-6-3-13-37(40)28-47(51)48-29-38-14-4-7-17-41(38)32-52(48)65/h1-34H. The van der Waals surface area contributed by atoms with Crippen LogP contribution >= 0.6 is 11.3 Å². The third-order valence-corrected chi connectivity index (χ3v) is 14.8. The Morgan fingerprint density at radius 3 is 1.52 bits per heavy atom. The van der Waals surface area contributed by atoms with E-state index in [9.17, 15) is 0 Å². The second-order valence-corrected chi connectivity index (χ2v) is 18.7. The maximum Gasteiger partial charge on any atom is 0.166 e. The molecule has 4 heterocycles. The molecule has 0 amide bonds. The van der Waals surface area contributed by atoms with Crippen LogP contribution in [0.1, 0.15) is 0 Å². The van der Waals surface area contributed by atoms with Gasteiger partial charge in [0.25, 0.3) is 0 Å². The summed E-state index contributed by atoms with van der Waals surface area (Å²) >= 11 is 1.82. The summed E-state index contributed by atoms with van der Waals surface area (Å²) in [7, 11) is 0. The van der Waals surface area contributed by atoms with Gasteiger partial charge in [-0.25, -0.2) is 15.0 Å². The number of aromatic nitrogens is 4. The zero-order valence-electron chi connectivity index (χ0n) is 35.7. The maximum absolute atomic E-state index is 6.46. The molecule has 0 radical (unpaired) electrons. The molecule has 11 aromatic carbocycles. The van der Waals surface area contributed by atoms with Gasteiger partial charge >= 0.3 is 0 Å². The quantitative estimate of drug-likeness (QED) is 0.177. The molecule has 5 nitrogen and oxygen atoms in total. The fraction of sp³-hybridized carbons (Fsp3) is 0. The van der Waals surface area contributed by atoms with Gasteiger partial charge < -0.3 is 8.98 Å². The zero-order valence-corrected chi connectivity index (χ0v) is 36.6. The number of nitrogens with zero attached hydrogens (tertiary/aromatic N) is 4. The van der Waals surface area contributed by atoms with Gasteiger partial charge in [0, 0.05) is 52.8 Å². The van der Waals surface area contributed by atoms with Crippen LogP contribution in [0.3, 0.4) is 0 Å². The van der Waals surface area contributed by atoms with E-state index in [1.165, 1.54) is 57.9 Å². The van der Waals surface area contributed by atoms with Gasteiger partial charge in [-0.2, -0.15) is 0 Å². The molecule has 0 spiro atoms. The SMILES string of the molecule is c1ccc2cc(-c3nc(-c4ccc5c(c4)oc4ccccc45)nc(-c4c(-n5c6cc7ccccc7cc6c6cc7ccccc7cc65)ccc5sc6cc7ccccc7cc6c45)n3)ccc2c1. The predicted octanol–water partition coefficient (Wildman–Crippen LogP) is 16.8. The van der Waals surface area contributed by atoms with E-state index in [0.29, 0.717) is 17.5 Å². The molecule has 0 atom stereocenters. The highest BCUT2D eigenvalue weighted by Gasteiger charge is 2.25. The van der Waals surface area contributed by atoms with E-state index >= 15 is 0 Å². The minimum atomic E-state index is 0.572. The van der Waals surface area contributed by atoms with E-state index < -0.39 is 0 Å². The summed E-state index contributed by atoms with van der Waals surface area (Å²) in [5.41, 5.74) is 7.59. The Balaban J connectivity index is 1.10. The first-order chi connectivity index (χ1) is 33.1. The summed E-state index contributed by atoms with van der Waals surface area (Å²) < 4.78 is 11.3. The van der Waals surface area contributed by atoms with Crippen molar-refractivity contribution in [2.24, 2.45) is 0 Å². The summed E-state index contributed by atoms with van der Waals surface area (Å²) in [6, 6.07) is 74.1. The highest BCUT2D eigenvalue weighted by atomic mass is 32.1. The van der Waals surface area contributed by atoms with Gasteiger partial charge in [0.15, 0.2) is 17.5 Å². The number of thiophene rings is 1. The molecule has 15 aromatic rings. The molecule has 0 saturated heterocycles. The van der Waals surface area contributed by atoms with Gasteiger partial charge in [0.2, 0.25) is 0 Å². The molecule has 0 fully saturated rings. The van der Waals surface area contributed by atoms with Crippen molar-refractivity contribution in [1.82, 2.24) is 19.5 Å². The first-order valence-corrected chi connectivity index (χ1v) is 23.4. The van der Waals surface area contributed by atoms with Crippen molar-refractivity contribution >= 4 is 118 Å². The number of para-hydroxylation sites is 1. The van der Waals surface area contributed by atoms with Crippen molar-refractivity contribution < 1.29 is 4.42 Å². The Morgan fingerprint density at radius 2 is 0.851 bits per heavy atom. The zero-order chi connectivity index (χ0) is 43.7. The highest BCUT2D eigenvalue weighted by molar-refractivity contribution is 7.26. The van der Waals surface area contributed by atoms with Gasteiger partial charge in [0.05, 0.1) is 22.3 Å². The molecule has 0 N–H and O–H groups in total. The topological polar surface area (TPSA) is 56.7 Å². The molecule has 0 unspecified atom stereocenters. The third-order valence-electron chi connectivity index (χ3n) is 13.7. The lowest BCUT2D eigenvalue weighted by Gasteiger charge is -2.17. The Morgan fingerprint density at radius 1 is 0.343 bits per heavy atom. The van der Waals surface area contributed by atoms with Crippen molar-refractivity contribution in [1.29, 1.82) is 0 Å². The fourth-order valence-corrected chi connectivity index (χ4v) is 11.7. The van der Waals surface area contributed by atoms with Crippen LogP contribution in [0.2, 0.25) is 0 Å². The lowest BCUT2D eigenvalue weighted by Crippen LogP contribution is -2.04. The average Bonchev–Trinajstić information content (AvgIpc) is 4.04. The summed E-state index contributed by atoms with van der Waals surface area (Å²) in [6.45, 7) is 0. The summed E-state index contributed by atoms with van der Waals surface area (Å²) in [5, 5.41) is 16.3. The molecular formula is C61H34N4OS. The second kappa shape index (κ2) is 13.9. The van der Waals surface area contributed by atoms with Crippen LogP contribution in [-0.2, 0) is 0 Å². The van der Waals surface area contributed by atoms with Gasteiger partial charge in [-0.05, 0) is 116 Å². The van der Waals surface area contributed by atoms with Gasteiger partial charge in [0.1, 0.15) is 11.2 Å². The van der Waals surface area contributed by atoms with E-state index in [0.717, 1.165) is 71.5 Å². The molecule has 15 rings (SSSR count). The normalized spacial score (nSPS) is 12.2. The minimum absolute atomic E-state index is 0.572. The van der Waals surface area contributed by atoms with Crippen LogP contribution in [0, 0.1) is 0 Å². The van der Waals surface area contributed by atoms with Crippen LogP contribution < -0.4 is 0 Å². The molecule has 0 aliphatic rings. The number of furan rings is 1. The molecule has 4 aromatic heterocycles. The van der Waals surface area contributed by atoms with E-state index in [1.54, 1.807) is 0 Å². The fourth-order valence-electron chi connectivity index (χ4n) is 10.5.